The Balaban J connectivity index is 2.36. The fourth-order valence-electron chi connectivity index (χ4n) is 1.64. The molecule has 1 atom stereocenters. The minimum absolute atomic E-state index is 0.0781. The molecule has 0 radical (unpaired) electrons. The first kappa shape index (κ1) is 9.94. The molecule has 0 spiro atoms. The van der Waals surface area contributed by atoms with Crippen molar-refractivity contribution < 1.29 is 0 Å². The van der Waals surface area contributed by atoms with Gasteiger partial charge in [-0.05, 0) is 44.2 Å². The summed E-state index contributed by atoms with van der Waals surface area (Å²) < 4.78 is 0. The molecule has 2 nitrogen and oxygen atoms in total. The summed E-state index contributed by atoms with van der Waals surface area (Å²) >= 11 is 6.08. The number of aryl methyl sites for hydroxylation is 2. The molecule has 3 heteroatoms. The van der Waals surface area contributed by atoms with Crippen LogP contribution in [0.5, 0.6) is 0 Å². The highest BCUT2D eigenvalue weighted by Gasteiger charge is 2.31. The van der Waals surface area contributed by atoms with E-state index in [-0.39, 0.29) is 6.04 Å². The smallest absolute Gasteiger partial charge is 0.134 e. The predicted molar refractivity (Wildman–Crippen MR) is 58.4 cm³/mol. The molecule has 14 heavy (non-hydrogen) atoms. The van der Waals surface area contributed by atoms with E-state index >= 15 is 0 Å². The molecule has 0 aliphatic heterocycles. The van der Waals surface area contributed by atoms with Crippen molar-refractivity contribution in [3.05, 3.63) is 28.0 Å². The molecule has 2 N–H and O–H groups in total. The van der Waals surface area contributed by atoms with Crippen LogP contribution in [0.4, 0.5) is 0 Å². The number of aromatic nitrogens is 1. The van der Waals surface area contributed by atoms with Gasteiger partial charge in [-0.15, -0.1) is 0 Å². The van der Waals surface area contributed by atoms with Crippen LogP contribution >= 0.6 is 11.6 Å². The Morgan fingerprint density at radius 2 is 2.14 bits per heavy atom. The van der Waals surface area contributed by atoms with Gasteiger partial charge in [0.2, 0.25) is 0 Å². The molecule has 1 aliphatic carbocycles. The molecule has 1 aromatic rings. The largest absolute Gasteiger partial charge is 0.324 e. The lowest BCUT2D eigenvalue weighted by Crippen LogP contribution is -2.14. The maximum atomic E-state index is 6.10. The molecule has 0 aromatic carbocycles. The van der Waals surface area contributed by atoms with E-state index in [9.17, 15) is 0 Å². The second-order valence-corrected chi connectivity index (χ2v) is 4.49. The van der Waals surface area contributed by atoms with Crippen LogP contribution in [-0.2, 0) is 0 Å². The molecule has 1 saturated carbocycles. The van der Waals surface area contributed by atoms with E-state index in [0.717, 1.165) is 11.3 Å². The number of hydrogen-bond acceptors (Lipinski definition) is 2. The monoisotopic (exact) mass is 210 g/mol. The van der Waals surface area contributed by atoms with E-state index in [1.807, 2.05) is 13.8 Å². The van der Waals surface area contributed by atoms with Crippen LogP contribution in [0.25, 0.3) is 0 Å². The maximum absolute atomic E-state index is 6.10. The zero-order chi connectivity index (χ0) is 10.3. The van der Waals surface area contributed by atoms with Crippen LogP contribution in [0.1, 0.15) is 35.7 Å². The molecule has 2 rings (SSSR count). The van der Waals surface area contributed by atoms with Gasteiger partial charge in [0.05, 0.1) is 0 Å². The van der Waals surface area contributed by atoms with Gasteiger partial charge in [-0.25, -0.2) is 4.98 Å². The predicted octanol–water partition coefficient (Wildman–Crippen LogP) is 2.76. The number of rotatable bonds is 2. The van der Waals surface area contributed by atoms with Gasteiger partial charge in [0.15, 0.2) is 0 Å². The summed E-state index contributed by atoms with van der Waals surface area (Å²) in [5.41, 5.74) is 9.26. The first-order chi connectivity index (χ1) is 6.59. The van der Waals surface area contributed by atoms with Gasteiger partial charge in [0, 0.05) is 17.3 Å². The van der Waals surface area contributed by atoms with Crippen molar-refractivity contribution in [2.24, 2.45) is 11.7 Å². The Bertz CT molecular complexity index is 359. The van der Waals surface area contributed by atoms with Crippen molar-refractivity contribution in [2.75, 3.05) is 0 Å². The summed E-state index contributed by atoms with van der Waals surface area (Å²) in [6, 6.07) is 2.16. The first-order valence-corrected chi connectivity index (χ1v) is 5.36. The zero-order valence-corrected chi connectivity index (χ0v) is 9.30. The fraction of sp³-hybridized carbons (Fsp3) is 0.545. The normalized spacial score (nSPS) is 18.3. The van der Waals surface area contributed by atoms with Gasteiger partial charge in [0.1, 0.15) is 5.15 Å². The van der Waals surface area contributed by atoms with Crippen LogP contribution in [-0.4, -0.2) is 4.98 Å². The zero-order valence-electron chi connectivity index (χ0n) is 8.55. The highest BCUT2D eigenvalue weighted by atomic mass is 35.5. The van der Waals surface area contributed by atoms with Crippen molar-refractivity contribution >= 4 is 11.6 Å². The Hall–Kier alpha value is -0.600. The van der Waals surface area contributed by atoms with Gasteiger partial charge >= 0.3 is 0 Å². The second kappa shape index (κ2) is 3.52. The van der Waals surface area contributed by atoms with Crippen LogP contribution in [0, 0.1) is 19.8 Å². The molecule has 0 amide bonds. The molecule has 1 heterocycles. The van der Waals surface area contributed by atoms with Crippen LogP contribution in [0.2, 0.25) is 5.15 Å². The summed E-state index contributed by atoms with van der Waals surface area (Å²) in [7, 11) is 0. The molecule has 1 unspecified atom stereocenters. The second-order valence-electron chi connectivity index (χ2n) is 4.13. The Morgan fingerprint density at radius 1 is 1.50 bits per heavy atom. The Kier molecular flexibility index (Phi) is 2.50. The summed E-state index contributed by atoms with van der Waals surface area (Å²) in [6.07, 6.45) is 2.45. The summed E-state index contributed by atoms with van der Waals surface area (Å²) in [6.45, 7) is 4.01. The van der Waals surface area contributed by atoms with Crippen LogP contribution in [0.3, 0.4) is 0 Å². The highest BCUT2D eigenvalue weighted by Crippen LogP contribution is 2.41. The lowest BCUT2D eigenvalue weighted by Gasteiger charge is -2.13. The molecule has 76 valence electrons. The van der Waals surface area contributed by atoms with E-state index in [1.54, 1.807) is 0 Å². The standard InChI is InChI=1S/C11H15ClN2/c1-6-5-9(10(13)8-3-4-8)11(12)14-7(6)2/h5,8,10H,3-4,13H2,1-2H3. The summed E-state index contributed by atoms with van der Waals surface area (Å²) in [4.78, 5) is 4.29. The third kappa shape index (κ3) is 1.77. The SMILES string of the molecule is Cc1cc(C(N)C2CC2)c(Cl)nc1C. The van der Waals surface area contributed by atoms with Crippen molar-refractivity contribution in [3.8, 4) is 0 Å². The van der Waals surface area contributed by atoms with Crippen molar-refractivity contribution in [1.82, 2.24) is 4.98 Å². The average Bonchev–Trinajstić information content (AvgIpc) is 2.93. The number of nitrogens with zero attached hydrogens (tertiary/aromatic N) is 1. The van der Waals surface area contributed by atoms with E-state index in [4.69, 9.17) is 17.3 Å². The fourth-order valence-corrected chi connectivity index (χ4v) is 1.95. The molecule has 1 fully saturated rings. The number of hydrogen-bond donors (Lipinski definition) is 1. The van der Waals surface area contributed by atoms with E-state index in [2.05, 4.69) is 11.1 Å². The molecule has 1 aliphatic rings. The van der Waals surface area contributed by atoms with E-state index in [1.165, 1.54) is 18.4 Å². The van der Waals surface area contributed by atoms with Crippen molar-refractivity contribution in [1.29, 1.82) is 0 Å². The first-order valence-electron chi connectivity index (χ1n) is 4.99. The van der Waals surface area contributed by atoms with E-state index < -0.39 is 0 Å². The topological polar surface area (TPSA) is 38.9 Å². The quantitative estimate of drug-likeness (QED) is 0.763. The minimum Gasteiger partial charge on any atom is -0.324 e. The summed E-state index contributed by atoms with van der Waals surface area (Å²) in [5.74, 6) is 0.622. The van der Waals surface area contributed by atoms with Gasteiger partial charge in [-0.2, -0.15) is 0 Å². The minimum atomic E-state index is 0.0781. The number of nitrogens with two attached hydrogens (primary N) is 1. The van der Waals surface area contributed by atoms with Crippen LogP contribution < -0.4 is 5.73 Å². The average molecular weight is 211 g/mol. The van der Waals surface area contributed by atoms with Gasteiger partial charge < -0.3 is 5.73 Å². The van der Waals surface area contributed by atoms with Gasteiger partial charge in [-0.1, -0.05) is 11.6 Å². The Morgan fingerprint density at radius 3 is 2.71 bits per heavy atom. The lowest BCUT2D eigenvalue weighted by atomic mass is 10.0. The van der Waals surface area contributed by atoms with Crippen molar-refractivity contribution in [2.45, 2.75) is 32.7 Å². The van der Waals surface area contributed by atoms with E-state index in [0.29, 0.717) is 11.1 Å². The molecule has 1 aromatic heterocycles. The Labute approximate surface area is 89.5 Å². The molecular formula is C11H15ClN2. The number of pyridine rings is 1. The van der Waals surface area contributed by atoms with Crippen LogP contribution in [0.15, 0.2) is 6.07 Å². The molecule has 0 saturated heterocycles. The molecular weight excluding hydrogens is 196 g/mol. The number of halogens is 1. The maximum Gasteiger partial charge on any atom is 0.134 e. The highest BCUT2D eigenvalue weighted by molar-refractivity contribution is 6.30. The molecule has 0 bridgehead atoms. The van der Waals surface area contributed by atoms with Crippen molar-refractivity contribution in [3.63, 3.8) is 0 Å². The van der Waals surface area contributed by atoms with Gasteiger partial charge in [0.25, 0.3) is 0 Å². The summed E-state index contributed by atoms with van der Waals surface area (Å²) in [5, 5.41) is 0.576. The third-order valence-electron chi connectivity index (χ3n) is 2.94. The third-order valence-corrected chi connectivity index (χ3v) is 3.24. The van der Waals surface area contributed by atoms with Gasteiger partial charge in [-0.3, -0.25) is 0 Å². The lowest BCUT2D eigenvalue weighted by molar-refractivity contribution is 0.630.